The van der Waals surface area contributed by atoms with Crippen LogP contribution in [0, 0.1) is 12.3 Å². The number of piperidine rings is 1. The van der Waals surface area contributed by atoms with Gasteiger partial charge in [-0.15, -0.1) is 0 Å². The molecule has 2 aliphatic heterocycles. The van der Waals surface area contributed by atoms with Crippen molar-refractivity contribution >= 4 is 5.78 Å². The number of nitrogens with zero attached hydrogens (tertiary/aromatic N) is 1. The number of benzene rings is 1. The summed E-state index contributed by atoms with van der Waals surface area (Å²) in [6, 6.07) is 4.19. The predicted octanol–water partition coefficient (Wildman–Crippen LogP) is 1.83. The summed E-state index contributed by atoms with van der Waals surface area (Å²) in [7, 11) is 2.19. The molecule has 1 saturated carbocycles. The lowest BCUT2D eigenvalue weighted by atomic mass is 9.47. The highest BCUT2D eigenvalue weighted by molar-refractivity contribution is 5.99. The van der Waals surface area contributed by atoms with Crippen molar-refractivity contribution in [3.05, 3.63) is 29.7 Å². The van der Waals surface area contributed by atoms with Gasteiger partial charge in [-0.05, 0) is 57.3 Å². The molecule has 4 atom stereocenters. The summed E-state index contributed by atoms with van der Waals surface area (Å²) in [6.45, 7) is 2.91. The molecule has 115 valence electrons. The summed E-state index contributed by atoms with van der Waals surface area (Å²) >= 11 is 0. The van der Waals surface area contributed by atoms with Crippen LogP contribution in [0.15, 0.2) is 12.1 Å². The highest BCUT2D eigenvalue weighted by Crippen LogP contribution is 2.66. The molecule has 2 heterocycles. The Hall–Kier alpha value is -1.55. The third-order valence-corrected chi connectivity index (χ3v) is 6.81. The van der Waals surface area contributed by atoms with Crippen LogP contribution in [0.4, 0.5) is 0 Å². The Kier molecular flexibility index (Phi) is 2.16. The van der Waals surface area contributed by atoms with Gasteiger partial charge in [-0.25, -0.2) is 0 Å². The van der Waals surface area contributed by atoms with Crippen molar-refractivity contribution in [1.29, 1.82) is 0 Å². The third kappa shape index (κ3) is 1.13. The normalized spacial score (nSPS) is 42.0. The number of likely N-dealkylation sites (N-methyl/N-ethyl adjacent to an activating group) is 1. The van der Waals surface area contributed by atoms with E-state index in [2.05, 4.69) is 11.9 Å². The van der Waals surface area contributed by atoms with Gasteiger partial charge in [-0.1, -0.05) is 6.07 Å². The van der Waals surface area contributed by atoms with Gasteiger partial charge >= 0.3 is 0 Å². The van der Waals surface area contributed by atoms with Gasteiger partial charge in [0.15, 0.2) is 22.9 Å². The summed E-state index contributed by atoms with van der Waals surface area (Å²) in [5, 5.41) is 10.3. The summed E-state index contributed by atoms with van der Waals surface area (Å²) < 4.78 is 6.20. The lowest BCUT2D eigenvalue weighted by molar-refractivity contribution is -0.147. The molecule has 22 heavy (non-hydrogen) atoms. The first-order valence-electron chi connectivity index (χ1n) is 8.11. The van der Waals surface area contributed by atoms with Gasteiger partial charge < -0.3 is 14.7 Å². The fraction of sp³-hybridized carbons (Fsp3) is 0.556. The van der Waals surface area contributed by atoms with Crippen LogP contribution in [0.5, 0.6) is 11.5 Å². The fourth-order valence-corrected chi connectivity index (χ4v) is 5.73. The number of phenols is 1. The number of hydrogen-bond donors (Lipinski definition) is 1. The summed E-state index contributed by atoms with van der Waals surface area (Å²) in [5.41, 5.74) is 1.26. The highest BCUT2D eigenvalue weighted by atomic mass is 16.5. The molecule has 5 rings (SSSR count). The molecule has 4 heteroatoms. The van der Waals surface area contributed by atoms with Gasteiger partial charge in [0, 0.05) is 18.0 Å². The molecule has 0 aromatic heterocycles. The summed E-state index contributed by atoms with van der Waals surface area (Å²) in [5.74, 6) is 1.21. The average molecular weight is 298 g/mol. The lowest BCUT2D eigenvalue weighted by Gasteiger charge is -2.60. The van der Waals surface area contributed by atoms with E-state index < -0.39 is 5.60 Å². The number of Topliss-reactive ketones (excluding diaryl/α,β-unsaturated/α-hetero) is 1. The molecule has 2 fully saturated rings. The second-order valence-electron chi connectivity index (χ2n) is 7.47. The van der Waals surface area contributed by atoms with Crippen molar-refractivity contribution in [3.63, 3.8) is 0 Å². The summed E-state index contributed by atoms with van der Waals surface area (Å²) in [6.07, 6.45) is 4.54. The maximum atomic E-state index is 12.8. The first-order valence-corrected chi connectivity index (χ1v) is 8.11. The highest BCUT2D eigenvalue weighted by Gasteiger charge is 2.71. The minimum absolute atomic E-state index is 0.0792. The van der Waals surface area contributed by atoms with Crippen LogP contribution < -0.4 is 4.74 Å². The quantitative estimate of drug-likeness (QED) is 0.794. The topological polar surface area (TPSA) is 49.8 Å². The Balaban J connectivity index is 1.87. The molecular weight excluding hydrogens is 278 g/mol. The maximum absolute atomic E-state index is 12.8. The van der Waals surface area contributed by atoms with E-state index in [-0.39, 0.29) is 16.9 Å². The molecule has 4 nitrogen and oxygen atoms in total. The predicted molar refractivity (Wildman–Crippen MR) is 81.0 cm³/mol. The van der Waals surface area contributed by atoms with E-state index in [9.17, 15) is 9.90 Å². The molecule has 1 N–H and O–H groups in total. The van der Waals surface area contributed by atoms with Crippen LogP contribution in [0.3, 0.4) is 0 Å². The van der Waals surface area contributed by atoms with Crippen LogP contribution in [-0.2, 0) is 16.6 Å². The molecule has 0 amide bonds. The monoisotopic (exact) mass is 298 g/mol. The van der Waals surface area contributed by atoms with E-state index in [1.165, 1.54) is 5.56 Å². The van der Waals surface area contributed by atoms with E-state index in [1.807, 2.05) is 19.4 Å². The van der Waals surface area contributed by atoms with Crippen molar-refractivity contribution < 1.29 is 14.6 Å². The second kappa shape index (κ2) is 3.67. The number of hydrogen-bond acceptors (Lipinski definition) is 4. The van der Waals surface area contributed by atoms with Gasteiger partial charge in [0.1, 0.15) is 0 Å². The van der Waals surface area contributed by atoms with E-state index in [0.29, 0.717) is 17.7 Å². The molecule has 2 aliphatic carbocycles. The molecule has 1 saturated heterocycles. The van der Waals surface area contributed by atoms with Gasteiger partial charge in [0.05, 0.1) is 5.41 Å². The average Bonchev–Trinajstić information content (AvgIpc) is 2.78. The number of rotatable bonds is 0. The van der Waals surface area contributed by atoms with Crippen molar-refractivity contribution in [2.24, 2.45) is 5.92 Å². The molecule has 1 aromatic rings. The minimum Gasteiger partial charge on any atom is -0.504 e. The Morgan fingerprint density at radius 1 is 1.41 bits per heavy atom. The number of carbonyl (C=O) groups excluding carboxylic acids is 1. The minimum atomic E-state index is -0.855. The zero-order valence-corrected chi connectivity index (χ0v) is 12.9. The van der Waals surface area contributed by atoms with Crippen LogP contribution in [-0.4, -0.2) is 41.0 Å². The van der Waals surface area contributed by atoms with Gasteiger partial charge in [0.2, 0.25) is 0 Å². The smallest absolute Gasteiger partial charge is 0.180 e. The maximum Gasteiger partial charge on any atom is 0.180 e. The molecule has 1 spiro atoms. The van der Waals surface area contributed by atoms with E-state index >= 15 is 0 Å². The SMILES string of the molecule is CN1CC[C@]23c4c5ccc(O)c4OC2(C)C(=O)[CH]CC3[C@H]1C5. The summed E-state index contributed by atoms with van der Waals surface area (Å²) in [4.78, 5) is 15.2. The number of phenolic OH excluding ortho intramolecular Hbond substituents is 1. The van der Waals surface area contributed by atoms with Crippen molar-refractivity contribution in [3.8, 4) is 11.5 Å². The molecule has 2 unspecified atom stereocenters. The second-order valence-corrected chi connectivity index (χ2v) is 7.47. The standard InChI is InChI=1S/C18H20NO3/c1-17-14(21)6-4-11-12-9-10-3-5-13(20)16(22-17)15(10)18(11,17)7-8-19(12)2/h3,5-6,11-12,20H,4,7-9H2,1-2H3/t11?,12-,17?,18+/m1/s1. The zero-order chi connectivity index (χ0) is 15.3. The van der Waals surface area contributed by atoms with Crippen LogP contribution in [0.25, 0.3) is 0 Å². The van der Waals surface area contributed by atoms with Crippen LogP contribution in [0.2, 0.25) is 0 Å². The molecule has 1 radical (unpaired) electrons. The van der Waals surface area contributed by atoms with Gasteiger partial charge in [-0.3, -0.25) is 4.79 Å². The Bertz CT molecular complexity index is 715. The molecular formula is C18H20NO3. The van der Waals surface area contributed by atoms with Crippen molar-refractivity contribution in [1.82, 2.24) is 4.90 Å². The van der Waals surface area contributed by atoms with Gasteiger partial charge in [0.25, 0.3) is 0 Å². The number of ketones is 1. The lowest BCUT2D eigenvalue weighted by Crippen LogP contribution is -2.70. The van der Waals surface area contributed by atoms with E-state index in [4.69, 9.17) is 4.74 Å². The molecule has 1 aromatic carbocycles. The Labute approximate surface area is 130 Å². The van der Waals surface area contributed by atoms with Crippen LogP contribution >= 0.6 is 0 Å². The van der Waals surface area contributed by atoms with Crippen molar-refractivity contribution in [2.75, 3.05) is 13.6 Å². The first-order chi connectivity index (χ1) is 10.5. The zero-order valence-electron chi connectivity index (χ0n) is 12.9. The van der Waals surface area contributed by atoms with E-state index in [1.54, 1.807) is 6.07 Å². The molecule has 2 bridgehead atoms. The van der Waals surface area contributed by atoms with Gasteiger partial charge in [-0.2, -0.15) is 0 Å². The number of carbonyl (C=O) groups is 1. The third-order valence-electron chi connectivity index (χ3n) is 6.81. The largest absolute Gasteiger partial charge is 0.504 e. The Morgan fingerprint density at radius 2 is 2.23 bits per heavy atom. The number of aromatic hydroxyl groups is 1. The Morgan fingerprint density at radius 3 is 3.05 bits per heavy atom. The van der Waals surface area contributed by atoms with Crippen LogP contribution in [0.1, 0.15) is 30.9 Å². The van der Waals surface area contributed by atoms with E-state index in [0.717, 1.165) is 31.4 Å². The van der Waals surface area contributed by atoms with Crippen molar-refractivity contribution in [2.45, 2.75) is 43.2 Å². The number of ether oxygens (including phenoxy) is 1. The molecule has 4 aliphatic rings. The first kappa shape index (κ1) is 12.9. The number of likely N-dealkylation sites (tertiary alicyclic amines) is 1. The fourth-order valence-electron chi connectivity index (χ4n) is 5.73.